The number of aromatic amines is 2. The minimum absolute atomic E-state index is 0.0294. The molecule has 2 aliphatic heterocycles. The molecule has 0 spiro atoms. The smallest absolute Gasteiger partial charge is 0.407 e. The number of imidazole rings is 2. The van der Waals surface area contributed by atoms with E-state index in [1.165, 1.54) is 14.2 Å². The van der Waals surface area contributed by atoms with Crippen molar-refractivity contribution in [3.05, 3.63) is 72.6 Å². The van der Waals surface area contributed by atoms with Crippen molar-refractivity contribution in [1.29, 1.82) is 0 Å². The number of carbonyl (C=O) groups excluding carboxylic acids is 4. The summed E-state index contributed by atoms with van der Waals surface area (Å²) in [6, 6.07) is 16.1. The number of hydrogen-bond donors (Lipinski definition) is 4. The average molecular weight is 683 g/mol. The van der Waals surface area contributed by atoms with E-state index in [0.717, 1.165) is 71.0 Å². The van der Waals surface area contributed by atoms with E-state index in [1.54, 1.807) is 22.2 Å². The summed E-state index contributed by atoms with van der Waals surface area (Å²) in [5, 5.41) is 4.95. The zero-order valence-electron chi connectivity index (χ0n) is 28.6. The third-order valence-electron chi connectivity index (χ3n) is 9.60. The topological polar surface area (TPSA) is 175 Å². The molecule has 0 saturated carbocycles. The summed E-state index contributed by atoms with van der Waals surface area (Å²) in [4.78, 5) is 68.5. The molecule has 2 fully saturated rings. The molecule has 50 heavy (non-hydrogen) atoms. The van der Waals surface area contributed by atoms with Gasteiger partial charge in [-0.3, -0.25) is 9.59 Å². The van der Waals surface area contributed by atoms with E-state index in [4.69, 9.17) is 0 Å². The number of rotatable bonds is 9. The monoisotopic (exact) mass is 682 g/mol. The summed E-state index contributed by atoms with van der Waals surface area (Å²) in [5.41, 5.74) is 5.76. The summed E-state index contributed by atoms with van der Waals surface area (Å²) in [6.07, 6.45) is 5.54. The highest BCUT2D eigenvalue weighted by Gasteiger charge is 2.38. The predicted molar refractivity (Wildman–Crippen MR) is 184 cm³/mol. The van der Waals surface area contributed by atoms with Crippen molar-refractivity contribution in [3.8, 4) is 33.6 Å². The molecule has 2 aromatic carbocycles. The fourth-order valence-corrected chi connectivity index (χ4v) is 6.96. The van der Waals surface area contributed by atoms with Gasteiger partial charge in [0.15, 0.2) is 0 Å². The lowest BCUT2D eigenvalue weighted by Gasteiger charge is -2.27. The second-order valence-corrected chi connectivity index (χ2v) is 12.7. The Bertz CT molecular complexity index is 1700. The maximum absolute atomic E-state index is 12.9. The number of hydrogen-bond acceptors (Lipinski definition) is 8. The van der Waals surface area contributed by atoms with E-state index in [2.05, 4.69) is 64.3 Å². The molecule has 2 aromatic heterocycles. The molecule has 14 nitrogen and oxygen atoms in total. The van der Waals surface area contributed by atoms with E-state index in [1.807, 2.05) is 38.1 Å². The zero-order valence-corrected chi connectivity index (χ0v) is 28.6. The first-order valence-electron chi connectivity index (χ1n) is 16.7. The van der Waals surface area contributed by atoms with Crippen molar-refractivity contribution in [1.82, 2.24) is 40.4 Å². The van der Waals surface area contributed by atoms with Crippen LogP contribution in [0.4, 0.5) is 9.59 Å². The van der Waals surface area contributed by atoms with Crippen LogP contribution in [0.5, 0.6) is 0 Å². The average Bonchev–Trinajstić information content (AvgIpc) is 3.96. The number of nitrogens with zero attached hydrogens (tertiary/aromatic N) is 4. The van der Waals surface area contributed by atoms with Gasteiger partial charge in [0.25, 0.3) is 0 Å². The van der Waals surface area contributed by atoms with Gasteiger partial charge in [-0.15, -0.1) is 0 Å². The Morgan fingerprint density at radius 3 is 1.36 bits per heavy atom. The molecular weight excluding hydrogens is 640 g/mol. The molecule has 4 heterocycles. The quantitative estimate of drug-likeness (QED) is 0.192. The van der Waals surface area contributed by atoms with E-state index < -0.39 is 12.2 Å². The van der Waals surface area contributed by atoms with E-state index in [9.17, 15) is 19.2 Å². The minimum Gasteiger partial charge on any atom is -0.453 e. The van der Waals surface area contributed by atoms with Gasteiger partial charge in [-0.1, -0.05) is 48.5 Å². The molecule has 4 N–H and O–H groups in total. The SMILES string of the molecule is COC(=O)NCC(=O)N1C(C)CCC1c1ncc(-c2ccc(-c3ccc(-c4cnc(C5CCC(C)N5C(=O)CNC(=O)OC)[nH]4)cc3)cc2)[nH]1. The lowest BCUT2D eigenvalue weighted by atomic mass is 10.0. The minimum atomic E-state index is -0.640. The molecule has 262 valence electrons. The van der Waals surface area contributed by atoms with Crippen LogP contribution in [-0.2, 0) is 19.1 Å². The summed E-state index contributed by atoms with van der Waals surface area (Å²) in [5.74, 6) is 1.07. The molecule has 6 rings (SSSR count). The number of carbonyl (C=O) groups is 4. The summed E-state index contributed by atoms with van der Waals surface area (Å²) >= 11 is 0. The highest BCUT2D eigenvalue weighted by atomic mass is 16.5. The molecule has 0 radical (unpaired) electrons. The Hall–Kier alpha value is -5.66. The van der Waals surface area contributed by atoms with Crippen molar-refractivity contribution >= 4 is 24.0 Å². The third kappa shape index (κ3) is 7.19. The first-order valence-corrected chi connectivity index (χ1v) is 16.7. The molecule has 4 amide bonds. The van der Waals surface area contributed by atoms with Crippen molar-refractivity contribution in [3.63, 3.8) is 0 Å². The zero-order chi connectivity index (χ0) is 35.4. The van der Waals surface area contributed by atoms with Crippen LogP contribution in [0.25, 0.3) is 33.6 Å². The van der Waals surface area contributed by atoms with Crippen LogP contribution in [0, 0.1) is 0 Å². The van der Waals surface area contributed by atoms with Crippen molar-refractivity contribution in [2.75, 3.05) is 27.3 Å². The lowest BCUT2D eigenvalue weighted by molar-refractivity contribution is -0.133. The fourth-order valence-electron chi connectivity index (χ4n) is 6.96. The Morgan fingerprint density at radius 1 is 0.640 bits per heavy atom. The number of aromatic nitrogens is 4. The number of benzene rings is 2. The van der Waals surface area contributed by atoms with Crippen LogP contribution in [0.2, 0.25) is 0 Å². The summed E-state index contributed by atoms with van der Waals surface area (Å²) < 4.78 is 9.18. The number of methoxy groups -OCH3 is 2. The number of likely N-dealkylation sites (tertiary alicyclic amines) is 2. The van der Waals surface area contributed by atoms with E-state index in [0.29, 0.717) is 0 Å². The Morgan fingerprint density at radius 2 is 1.00 bits per heavy atom. The van der Waals surface area contributed by atoms with Gasteiger partial charge in [-0.2, -0.15) is 0 Å². The Kier molecular flexibility index (Phi) is 10.2. The first kappa shape index (κ1) is 34.2. The summed E-state index contributed by atoms with van der Waals surface area (Å²) in [7, 11) is 2.53. The second kappa shape index (κ2) is 14.8. The van der Waals surface area contributed by atoms with Gasteiger partial charge >= 0.3 is 12.2 Å². The largest absolute Gasteiger partial charge is 0.453 e. The molecule has 4 atom stereocenters. The highest BCUT2D eigenvalue weighted by Crippen LogP contribution is 2.37. The lowest BCUT2D eigenvalue weighted by Crippen LogP contribution is -2.43. The molecule has 2 saturated heterocycles. The number of alkyl carbamates (subject to hydrolysis) is 2. The summed E-state index contributed by atoms with van der Waals surface area (Å²) in [6.45, 7) is 3.74. The van der Waals surface area contributed by atoms with E-state index in [-0.39, 0.29) is 49.1 Å². The van der Waals surface area contributed by atoms with Gasteiger partial charge in [-0.25, -0.2) is 19.6 Å². The van der Waals surface area contributed by atoms with Crippen molar-refractivity contribution in [2.45, 2.75) is 63.7 Å². The van der Waals surface area contributed by atoms with Crippen LogP contribution in [0.3, 0.4) is 0 Å². The molecule has 0 bridgehead atoms. The number of ether oxygens (including phenoxy) is 2. The fraction of sp³-hybridized carbons (Fsp3) is 0.389. The molecule has 14 heteroatoms. The van der Waals surface area contributed by atoms with E-state index >= 15 is 0 Å². The van der Waals surface area contributed by atoms with Crippen LogP contribution in [0.1, 0.15) is 63.3 Å². The third-order valence-corrected chi connectivity index (χ3v) is 9.60. The van der Waals surface area contributed by atoms with Crippen LogP contribution in [0.15, 0.2) is 60.9 Å². The van der Waals surface area contributed by atoms with Crippen LogP contribution < -0.4 is 10.6 Å². The highest BCUT2D eigenvalue weighted by molar-refractivity contribution is 5.84. The van der Waals surface area contributed by atoms with Crippen molar-refractivity contribution in [2.24, 2.45) is 0 Å². The van der Waals surface area contributed by atoms with Crippen LogP contribution in [-0.4, -0.2) is 93.1 Å². The van der Waals surface area contributed by atoms with Gasteiger partial charge in [0.05, 0.1) is 50.1 Å². The molecule has 2 aliphatic rings. The van der Waals surface area contributed by atoms with Crippen LogP contribution >= 0.6 is 0 Å². The first-order chi connectivity index (χ1) is 24.2. The predicted octanol–water partition coefficient (Wildman–Crippen LogP) is 4.95. The van der Waals surface area contributed by atoms with Gasteiger partial charge in [0.2, 0.25) is 11.8 Å². The van der Waals surface area contributed by atoms with Gasteiger partial charge in [0, 0.05) is 12.1 Å². The normalized spacial score (nSPS) is 20.1. The molecule has 4 aromatic rings. The maximum atomic E-state index is 12.9. The molecule has 4 unspecified atom stereocenters. The van der Waals surface area contributed by atoms with Crippen molar-refractivity contribution < 1.29 is 28.7 Å². The van der Waals surface area contributed by atoms with Gasteiger partial charge in [-0.05, 0) is 61.8 Å². The number of amides is 4. The standard InChI is InChI=1S/C36H42N8O6/c1-21-5-15-29(43(21)31(45)19-39-35(47)49-3)33-37-17-27(41-33)25-11-7-23(8-12-25)24-9-13-26(14-10-24)28-18-38-34(42-28)30-16-6-22(2)44(30)32(46)20-40-36(48)50-4/h7-14,17-18,21-22,29-30H,5-6,15-16,19-20H2,1-4H3,(H,37,41)(H,38,42)(H,39,47)(H,40,48). The Labute approximate surface area is 290 Å². The number of nitrogens with one attached hydrogen (secondary N) is 4. The van der Waals surface area contributed by atoms with Gasteiger partial charge < -0.3 is 39.9 Å². The molecular formula is C36H42N8O6. The second-order valence-electron chi connectivity index (χ2n) is 12.7. The Balaban J connectivity index is 1.10. The molecule has 0 aliphatic carbocycles. The maximum Gasteiger partial charge on any atom is 0.407 e. The van der Waals surface area contributed by atoms with Gasteiger partial charge in [0.1, 0.15) is 24.7 Å². The number of H-pyrrole nitrogens is 2.